The molecule has 0 radical (unpaired) electrons. The third-order valence-corrected chi connectivity index (χ3v) is 3.48. The molecule has 0 aliphatic heterocycles. The van der Waals surface area contributed by atoms with Crippen LogP contribution in [0.3, 0.4) is 0 Å². The van der Waals surface area contributed by atoms with Gasteiger partial charge in [-0.05, 0) is 36.5 Å². The Hall–Kier alpha value is -0.0400. The van der Waals surface area contributed by atoms with Crippen molar-refractivity contribution in [3.63, 3.8) is 0 Å². The van der Waals surface area contributed by atoms with E-state index in [9.17, 15) is 0 Å². The molecule has 3 rings (SSSR count). The van der Waals surface area contributed by atoms with E-state index in [-0.39, 0.29) is 0 Å². The lowest BCUT2D eigenvalue weighted by Crippen LogP contribution is -2.28. The summed E-state index contributed by atoms with van der Waals surface area (Å²) in [7, 11) is 0. The normalized spacial score (nSPS) is 73.9. The summed E-state index contributed by atoms with van der Waals surface area (Å²) in [6.45, 7) is 0. The minimum Gasteiger partial charge on any atom is -0.327 e. The lowest BCUT2D eigenvalue weighted by Gasteiger charge is -2.25. The molecule has 0 amide bonds. The van der Waals surface area contributed by atoms with Gasteiger partial charge in [-0.2, -0.15) is 0 Å². The van der Waals surface area contributed by atoms with Crippen molar-refractivity contribution in [3.8, 4) is 0 Å². The third-order valence-electron chi connectivity index (χ3n) is 3.48. The topological polar surface area (TPSA) is 26.0 Å². The first-order valence-corrected chi connectivity index (χ1v) is 3.63. The van der Waals surface area contributed by atoms with Gasteiger partial charge in [-0.25, -0.2) is 0 Å². The van der Waals surface area contributed by atoms with Crippen molar-refractivity contribution in [3.05, 3.63) is 0 Å². The third kappa shape index (κ3) is 0.218. The van der Waals surface area contributed by atoms with Crippen molar-refractivity contribution >= 4 is 0 Å². The maximum absolute atomic E-state index is 5.84. The van der Waals surface area contributed by atoms with Gasteiger partial charge >= 0.3 is 0 Å². The van der Waals surface area contributed by atoms with E-state index in [2.05, 4.69) is 0 Å². The molecule has 3 saturated carbocycles. The highest BCUT2D eigenvalue weighted by atomic mass is 14.8. The van der Waals surface area contributed by atoms with Crippen molar-refractivity contribution in [2.24, 2.45) is 29.4 Å². The second-order valence-electron chi connectivity index (χ2n) is 3.71. The van der Waals surface area contributed by atoms with Crippen LogP contribution in [-0.4, -0.2) is 6.04 Å². The molecular formula is C7H11N. The van der Waals surface area contributed by atoms with Crippen LogP contribution in [0.5, 0.6) is 0 Å². The predicted octanol–water partition coefficient (Wildman–Crippen LogP) is 0.599. The van der Waals surface area contributed by atoms with E-state index in [0.717, 1.165) is 23.7 Å². The van der Waals surface area contributed by atoms with Crippen molar-refractivity contribution in [2.75, 3.05) is 0 Å². The predicted molar refractivity (Wildman–Crippen MR) is 31.2 cm³/mol. The van der Waals surface area contributed by atoms with Crippen LogP contribution >= 0.6 is 0 Å². The van der Waals surface area contributed by atoms with Crippen LogP contribution in [0.4, 0.5) is 0 Å². The molecule has 3 aliphatic carbocycles. The van der Waals surface area contributed by atoms with E-state index in [0.29, 0.717) is 6.04 Å². The Bertz CT molecular complexity index is 141. The molecular weight excluding hydrogens is 98.1 g/mol. The molecule has 0 heterocycles. The summed E-state index contributed by atoms with van der Waals surface area (Å²) in [5.41, 5.74) is 5.84. The largest absolute Gasteiger partial charge is 0.327 e. The van der Waals surface area contributed by atoms with Crippen LogP contribution in [0.15, 0.2) is 0 Å². The van der Waals surface area contributed by atoms with E-state index in [1.54, 1.807) is 0 Å². The molecule has 3 aliphatic rings. The van der Waals surface area contributed by atoms with E-state index < -0.39 is 0 Å². The van der Waals surface area contributed by atoms with Gasteiger partial charge in [-0.15, -0.1) is 0 Å². The Morgan fingerprint density at radius 1 is 1.12 bits per heavy atom. The van der Waals surface area contributed by atoms with Crippen molar-refractivity contribution < 1.29 is 0 Å². The molecule has 1 heteroatoms. The van der Waals surface area contributed by atoms with E-state index in [1.165, 1.54) is 12.8 Å². The summed E-state index contributed by atoms with van der Waals surface area (Å²) in [5.74, 6) is 4.33. The second-order valence-corrected chi connectivity index (χ2v) is 3.71. The molecule has 8 heavy (non-hydrogen) atoms. The molecule has 0 saturated heterocycles. The number of fused-ring (bicyclic) bond motifs is 1. The zero-order valence-electron chi connectivity index (χ0n) is 4.88. The van der Waals surface area contributed by atoms with Crippen LogP contribution in [0.2, 0.25) is 0 Å². The molecule has 3 fully saturated rings. The van der Waals surface area contributed by atoms with Crippen molar-refractivity contribution in [1.82, 2.24) is 0 Å². The zero-order chi connectivity index (χ0) is 5.30. The van der Waals surface area contributed by atoms with Gasteiger partial charge in [-0.1, -0.05) is 0 Å². The summed E-state index contributed by atoms with van der Waals surface area (Å²) >= 11 is 0. The Balaban J connectivity index is 1.99. The van der Waals surface area contributed by atoms with E-state index in [4.69, 9.17) is 5.73 Å². The highest BCUT2D eigenvalue weighted by Gasteiger charge is 2.69. The molecule has 0 spiro atoms. The fourth-order valence-electron chi connectivity index (χ4n) is 3.08. The summed E-state index contributed by atoms with van der Waals surface area (Å²) in [6.07, 6.45) is 2.88. The van der Waals surface area contributed by atoms with Gasteiger partial charge < -0.3 is 5.73 Å². The number of rotatable bonds is 0. The SMILES string of the molecule is NC1CC2CC3C1C23. The second kappa shape index (κ2) is 0.860. The fraction of sp³-hybridized carbons (Fsp3) is 1.00. The van der Waals surface area contributed by atoms with Crippen molar-refractivity contribution in [2.45, 2.75) is 18.9 Å². The van der Waals surface area contributed by atoms with Gasteiger partial charge in [0.25, 0.3) is 0 Å². The first-order chi connectivity index (χ1) is 3.88. The molecule has 44 valence electrons. The minimum absolute atomic E-state index is 0.615. The standard InChI is InChI=1S/C7H11N/c8-5-2-3-1-4-6(3)7(4)5/h3-7H,1-2,8H2. The highest BCUT2D eigenvalue weighted by molar-refractivity contribution is 5.19. The highest BCUT2D eigenvalue weighted by Crippen LogP contribution is 2.72. The van der Waals surface area contributed by atoms with Crippen LogP contribution in [0.1, 0.15) is 12.8 Å². The van der Waals surface area contributed by atoms with Crippen molar-refractivity contribution in [1.29, 1.82) is 0 Å². The van der Waals surface area contributed by atoms with E-state index >= 15 is 0 Å². The Morgan fingerprint density at radius 3 is 2.25 bits per heavy atom. The summed E-state index contributed by atoms with van der Waals surface area (Å²) in [5, 5.41) is 0. The maximum Gasteiger partial charge on any atom is 0.00755 e. The number of hydrogen-bond acceptors (Lipinski definition) is 1. The molecule has 5 atom stereocenters. The van der Waals surface area contributed by atoms with Crippen LogP contribution in [0, 0.1) is 23.7 Å². The Labute approximate surface area is 49.3 Å². The lowest BCUT2D eigenvalue weighted by molar-refractivity contribution is 0.257. The molecule has 1 nitrogen and oxygen atoms in total. The van der Waals surface area contributed by atoms with Gasteiger partial charge in [0.1, 0.15) is 0 Å². The lowest BCUT2D eigenvalue weighted by atomic mass is 9.81. The summed E-state index contributed by atoms with van der Waals surface area (Å²) < 4.78 is 0. The van der Waals surface area contributed by atoms with Gasteiger partial charge in [0.05, 0.1) is 0 Å². The minimum atomic E-state index is 0.615. The average Bonchev–Trinajstić information content (AvgIpc) is 2.20. The summed E-state index contributed by atoms with van der Waals surface area (Å²) in [4.78, 5) is 0. The van der Waals surface area contributed by atoms with Gasteiger partial charge in [-0.3, -0.25) is 0 Å². The van der Waals surface area contributed by atoms with Crippen LogP contribution in [0.25, 0.3) is 0 Å². The number of nitrogens with two attached hydrogens (primary N) is 1. The Morgan fingerprint density at radius 2 is 2.00 bits per heavy atom. The average molecular weight is 109 g/mol. The van der Waals surface area contributed by atoms with Crippen LogP contribution < -0.4 is 5.73 Å². The monoisotopic (exact) mass is 109 g/mol. The summed E-state index contributed by atoms with van der Waals surface area (Å²) in [6, 6.07) is 0.615. The quantitative estimate of drug-likeness (QED) is 0.484. The number of hydrogen-bond donors (Lipinski definition) is 1. The zero-order valence-corrected chi connectivity index (χ0v) is 4.88. The molecule has 2 N–H and O–H groups in total. The van der Waals surface area contributed by atoms with Gasteiger partial charge in [0, 0.05) is 6.04 Å². The molecule has 0 aromatic heterocycles. The molecule has 5 unspecified atom stereocenters. The Kier molecular flexibility index (Phi) is 0.418. The first kappa shape index (κ1) is 3.89. The molecule has 0 bridgehead atoms. The molecule has 0 aromatic rings. The molecule has 0 aromatic carbocycles. The fourth-order valence-corrected chi connectivity index (χ4v) is 3.08. The first-order valence-electron chi connectivity index (χ1n) is 3.63. The van der Waals surface area contributed by atoms with E-state index in [1.807, 2.05) is 0 Å². The van der Waals surface area contributed by atoms with Crippen LogP contribution in [-0.2, 0) is 0 Å². The van der Waals surface area contributed by atoms with Gasteiger partial charge in [0.15, 0.2) is 0 Å². The smallest absolute Gasteiger partial charge is 0.00755 e. The van der Waals surface area contributed by atoms with Gasteiger partial charge in [0.2, 0.25) is 0 Å². The maximum atomic E-state index is 5.84.